The second-order valence-electron chi connectivity index (χ2n) is 13.0. The number of para-hydroxylation sites is 1. The fourth-order valence-corrected chi connectivity index (χ4v) is 7.26. The van der Waals surface area contributed by atoms with Gasteiger partial charge >= 0.3 is 0 Å². The van der Waals surface area contributed by atoms with Crippen LogP contribution < -0.4 is 4.90 Å². The van der Waals surface area contributed by atoms with Crippen molar-refractivity contribution >= 4 is 38.8 Å². The molecule has 0 bridgehead atoms. The van der Waals surface area contributed by atoms with Crippen molar-refractivity contribution in [2.45, 2.75) is 6.92 Å². The van der Waals surface area contributed by atoms with Crippen molar-refractivity contribution in [3.05, 3.63) is 200 Å². The molecule has 0 aliphatic rings. The van der Waals surface area contributed by atoms with E-state index in [9.17, 15) is 0 Å². The summed E-state index contributed by atoms with van der Waals surface area (Å²) in [6, 6.07) is 69.2. The first-order valence-electron chi connectivity index (χ1n) is 17.4. The van der Waals surface area contributed by atoms with Gasteiger partial charge in [-0.05, 0) is 99.6 Å². The van der Waals surface area contributed by atoms with Gasteiger partial charge in [-0.1, -0.05) is 146 Å². The van der Waals surface area contributed by atoms with Crippen LogP contribution in [-0.2, 0) is 0 Å². The standard InChI is InChI=1S/C49H35NO/c1-34-45-20-7-8-23-48(45)51-49(34)41-18-9-16-39(32-41)36-24-28-42(29-25-36)50(44-19-10-17-40(33-44)35-12-3-2-4-13-35)43-30-26-38(27-31-43)47-22-11-15-37-14-5-6-21-46(37)47/h2-33H,1H3. The van der Waals surface area contributed by atoms with Crippen LogP contribution in [0, 0.1) is 6.92 Å². The van der Waals surface area contributed by atoms with Crippen LogP contribution in [0.5, 0.6) is 0 Å². The van der Waals surface area contributed by atoms with Crippen molar-refractivity contribution in [2.75, 3.05) is 4.90 Å². The number of furan rings is 1. The molecule has 0 radical (unpaired) electrons. The van der Waals surface area contributed by atoms with Gasteiger partial charge in [0.1, 0.15) is 11.3 Å². The molecule has 9 rings (SSSR count). The molecule has 0 saturated carbocycles. The van der Waals surface area contributed by atoms with E-state index in [0.717, 1.165) is 56.0 Å². The molecule has 0 atom stereocenters. The molecule has 0 spiro atoms. The summed E-state index contributed by atoms with van der Waals surface area (Å²) in [4.78, 5) is 2.34. The van der Waals surface area contributed by atoms with Gasteiger partial charge in [0, 0.05) is 33.6 Å². The van der Waals surface area contributed by atoms with E-state index in [1.807, 2.05) is 12.1 Å². The third kappa shape index (κ3) is 5.77. The molecule has 9 aromatic rings. The topological polar surface area (TPSA) is 16.4 Å². The SMILES string of the molecule is Cc1c(-c2cccc(-c3ccc(N(c4ccc(-c5cccc6ccccc56)cc4)c4cccc(-c5ccccc5)c4)cc3)c2)oc2ccccc12. The zero-order valence-corrected chi connectivity index (χ0v) is 28.3. The number of rotatable bonds is 7. The highest BCUT2D eigenvalue weighted by Crippen LogP contribution is 2.40. The number of fused-ring (bicyclic) bond motifs is 2. The van der Waals surface area contributed by atoms with Crippen LogP contribution in [0.2, 0.25) is 0 Å². The van der Waals surface area contributed by atoms with E-state index in [1.165, 1.54) is 33.0 Å². The van der Waals surface area contributed by atoms with Gasteiger partial charge in [-0.15, -0.1) is 0 Å². The van der Waals surface area contributed by atoms with E-state index < -0.39 is 0 Å². The van der Waals surface area contributed by atoms with Crippen molar-refractivity contribution in [1.29, 1.82) is 0 Å². The molecule has 242 valence electrons. The van der Waals surface area contributed by atoms with Crippen molar-refractivity contribution in [1.82, 2.24) is 0 Å². The maximum Gasteiger partial charge on any atom is 0.138 e. The van der Waals surface area contributed by atoms with Gasteiger partial charge in [-0.3, -0.25) is 0 Å². The van der Waals surface area contributed by atoms with E-state index in [0.29, 0.717) is 0 Å². The zero-order valence-electron chi connectivity index (χ0n) is 28.3. The van der Waals surface area contributed by atoms with Crippen LogP contribution in [-0.4, -0.2) is 0 Å². The third-order valence-electron chi connectivity index (χ3n) is 9.86. The molecule has 2 nitrogen and oxygen atoms in total. The molecule has 0 aliphatic carbocycles. The predicted octanol–water partition coefficient (Wildman–Crippen LogP) is 14.0. The summed E-state index contributed by atoms with van der Waals surface area (Å²) < 4.78 is 6.32. The van der Waals surface area contributed by atoms with Crippen LogP contribution in [0.25, 0.3) is 66.4 Å². The van der Waals surface area contributed by atoms with Crippen molar-refractivity contribution < 1.29 is 4.42 Å². The van der Waals surface area contributed by atoms with Crippen molar-refractivity contribution in [2.24, 2.45) is 0 Å². The van der Waals surface area contributed by atoms with Crippen LogP contribution in [0.1, 0.15) is 5.56 Å². The molecule has 1 aromatic heterocycles. The molecule has 0 unspecified atom stereocenters. The summed E-state index contributed by atoms with van der Waals surface area (Å²) in [7, 11) is 0. The Kier molecular flexibility index (Phi) is 7.75. The number of hydrogen-bond donors (Lipinski definition) is 0. The molecule has 2 heteroatoms. The summed E-state index contributed by atoms with van der Waals surface area (Å²) >= 11 is 0. The minimum Gasteiger partial charge on any atom is -0.456 e. The van der Waals surface area contributed by atoms with Crippen LogP contribution in [0.4, 0.5) is 17.1 Å². The summed E-state index contributed by atoms with van der Waals surface area (Å²) in [5.74, 6) is 0.922. The molecule has 1 heterocycles. The number of nitrogens with zero attached hydrogens (tertiary/aromatic N) is 1. The Morgan fingerprint density at radius 1 is 0.373 bits per heavy atom. The zero-order chi connectivity index (χ0) is 34.1. The molecular formula is C49H35NO. The van der Waals surface area contributed by atoms with Gasteiger partial charge in [-0.2, -0.15) is 0 Å². The summed E-state index contributed by atoms with van der Waals surface area (Å²) in [6.45, 7) is 2.14. The maximum atomic E-state index is 6.32. The van der Waals surface area contributed by atoms with E-state index in [4.69, 9.17) is 4.42 Å². The summed E-state index contributed by atoms with van der Waals surface area (Å²) in [5, 5.41) is 3.66. The molecule has 8 aromatic carbocycles. The Hall–Kier alpha value is -6.64. The van der Waals surface area contributed by atoms with Gasteiger partial charge < -0.3 is 9.32 Å². The number of benzene rings is 8. The van der Waals surface area contributed by atoms with Crippen LogP contribution in [0.3, 0.4) is 0 Å². The number of aryl methyl sites for hydroxylation is 1. The fourth-order valence-electron chi connectivity index (χ4n) is 7.26. The lowest BCUT2D eigenvalue weighted by Crippen LogP contribution is -2.10. The smallest absolute Gasteiger partial charge is 0.138 e. The number of anilines is 3. The van der Waals surface area contributed by atoms with Gasteiger partial charge in [0.15, 0.2) is 0 Å². The van der Waals surface area contributed by atoms with Gasteiger partial charge in [0.25, 0.3) is 0 Å². The first-order chi connectivity index (χ1) is 25.2. The minimum atomic E-state index is 0.918. The van der Waals surface area contributed by atoms with E-state index >= 15 is 0 Å². The summed E-state index contributed by atoms with van der Waals surface area (Å²) in [5.41, 5.74) is 13.6. The van der Waals surface area contributed by atoms with Gasteiger partial charge in [-0.25, -0.2) is 0 Å². The fraction of sp³-hybridized carbons (Fsp3) is 0.0204. The first-order valence-corrected chi connectivity index (χ1v) is 17.4. The predicted molar refractivity (Wildman–Crippen MR) is 215 cm³/mol. The first kappa shape index (κ1) is 30.4. The largest absolute Gasteiger partial charge is 0.456 e. The molecule has 0 amide bonds. The lowest BCUT2D eigenvalue weighted by atomic mass is 9.98. The Balaban J connectivity index is 1.10. The maximum absolute atomic E-state index is 6.32. The highest BCUT2D eigenvalue weighted by atomic mass is 16.3. The van der Waals surface area contributed by atoms with Gasteiger partial charge in [0.2, 0.25) is 0 Å². The Bertz CT molecular complexity index is 2630. The quantitative estimate of drug-likeness (QED) is 0.170. The van der Waals surface area contributed by atoms with Crippen molar-refractivity contribution in [3.8, 4) is 44.7 Å². The Labute approximate surface area is 298 Å². The summed E-state index contributed by atoms with van der Waals surface area (Å²) in [6.07, 6.45) is 0. The van der Waals surface area contributed by atoms with Crippen LogP contribution in [0.15, 0.2) is 199 Å². The second-order valence-corrected chi connectivity index (χ2v) is 13.0. The lowest BCUT2D eigenvalue weighted by Gasteiger charge is -2.26. The molecule has 0 saturated heterocycles. The highest BCUT2D eigenvalue weighted by Gasteiger charge is 2.16. The van der Waals surface area contributed by atoms with E-state index in [2.05, 4.69) is 194 Å². The normalized spacial score (nSPS) is 11.2. The Morgan fingerprint density at radius 2 is 0.922 bits per heavy atom. The van der Waals surface area contributed by atoms with Crippen molar-refractivity contribution in [3.63, 3.8) is 0 Å². The Morgan fingerprint density at radius 3 is 1.69 bits per heavy atom. The monoisotopic (exact) mass is 653 g/mol. The highest BCUT2D eigenvalue weighted by molar-refractivity contribution is 5.97. The molecule has 0 N–H and O–H groups in total. The molecule has 51 heavy (non-hydrogen) atoms. The van der Waals surface area contributed by atoms with Gasteiger partial charge in [0.05, 0.1) is 0 Å². The minimum absolute atomic E-state index is 0.918. The second kappa shape index (κ2) is 13.0. The molecular weight excluding hydrogens is 619 g/mol. The molecule has 0 aliphatic heterocycles. The van der Waals surface area contributed by atoms with E-state index in [-0.39, 0.29) is 0 Å². The average Bonchev–Trinajstić information content (AvgIpc) is 3.55. The number of hydrogen-bond acceptors (Lipinski definition) is 2. The lowest BCUT2D eigenvalue weighted by molar-refractivity contribution is 0.629. The van der Waals surface area contributed by atoms with Crippen LogP contribution >= 0.6 is 0 Å². The molecule has 0 fully saturated rings. The van der Waals surface area contributed by atoms with E-state index in [1.54, 1.807) is 0 Å². The third-order valence-corrected chi connectivity index (χ3v) is 9.86. The average molecular weight is 654 g/mol.